The van der Waals surface area contributed by atoms with Crippen LogP contribution >= 0.6 is 15.9 Å². The molecular weight excluding hydrogens is 356 g/mol. The van der Waals surface area contributed by atoms with Gasteiger partial charge in [0.25, 0.3) is 0 Å². The van der Waals surface area contributed by atoms with E-state index in [1.54, 1.807) is 0 Å². The lowest BCUT2D eigenvalue weighted by atomic mass is 10.2. The van der Waals surface area contributed by atoms with E-state index in [4.69, 9.17) is 4.74 Å². The van der Waals surface area contributed by atoms with Gasteiger partial charge >= 0.3 is 6.09 Å². The Labute approximate surface area is 145 Å². The number of benzene rings is 2. The fourth-order valence-electron chi connectivity index (χ4n) is 1.99. The predicted octanol–water partition coefficient (Wildman–Crippen LogP) is 5.41. The summed E-state index contributed by atoms with van der Waals surface area (Å²) in [5.41, 5.74) is 2.14. The Balaban J connectivity index is 2.06. The fraction of sp³-hybridized carbons (Fsp3) is 0.278. The molecule has 23 heavy (non-hydrogen) atoms. The number of anilines is 2. The van der Waals surface area contributed by atoms with Gasteiger partial charge in [-0.1, -0.05) is 46.3 Å². The maximum atomic E-state index is 11.9. The van der Waals surface area contributed by atoms with Gasteiger partial charge in [-0.2, -0.15) is 0 Å². The van der Waals surface area contributed by atoms with Crippen molar-refractivity contribution in [2.45, 2.75) is 32.9 Å². The molecule has 0 heterocycles. The summed E-state index contributed by atoms with van der Waals surface area (Å²) in [6.45, 7) is 6.16. The molecule has 2 aromatic rings. The van der Waals surface area contributed by atoms with Gasteiger partial charge in [-0.25, -0.2) is 4.79 Å². The van der Waals surface area contributed by atoms with Gasteiger partial charge in [0, 0.05) is 11.0 Å². The number of para-hydroxylation sites is 2. The Hall–Kier alpha value is -2.01. The summed E-state index contributed by atoms with van der Waals surface area (Å²) in [6, 6.07) is 15.6. The molecule has 0 atom stereocenters. The fourth-order valence-corrected chi connectivity index (χ4v) is 2.42. The minimum absolute atomic E-state index is 0.465. The van der Waals surface area contributed by atoms with Crippen LogP contribution in [0.5, 0.6) is 0 Å². The molecule has 0 aromatic heterocycles. The molecule has 0 unspecified atom stereocenters. The van der Waals surface area contributed by atoms with Crippen LogP contribution in [0.3, 0.4) is 0 Å². The van der Waals surface area contributed by atoms with E-state index in [2.05, 4.69) is 26.6 Å². The van der Waals surface area contributed by atoms with Crippen molar-refractivity contribution in [2.75, 3.05) is 10.6 Å². The van der Waals surface area contributed by atoms with Crippen LogP contribution in [0.1, 0.15) is 26.3 Å². The van der Waals surface area contributed by atoms with Crippen LogP contribution < -0.4 is 10.6 Å². The number of halogens is 1. The third-order valence-corrected chi connectivity index (χ3v) is 3.76. The van der Waals surface area contributed by atoms with Crippen LogP contribution in [0.15, 0.2) is 53.0 Å². The average Bonchev–Trinajstić information content (AvgIpc) is 2.46. The second-order valence-electron chi connectivity index (χ2n) is 6.12. The highest BCUT2D eigenvalue weighted by molar-refractivity contribution is 9.10. The molecule has 2 N–H and O–H groups in total. The summed E-state index contributed by atoms with van der Waals surface area (Å²) in [6.07, 6.45) is -0.465. The molecule has 0 fully saturated rings. The largest absolute Gasteiger partial charge is 0.444 e. The first-order chi connectivity index (χ1) is 10.8. The molecule has 2 rings (SSSR count). The van der Waals surface area contributed by atoms with Crippen LogP contribution in [0, 0.1) is 0 Å². The van der Waals surface area contributed by atoms with Crippen molar-refractivity contribution in [1.29, 1.82) is 0 Å². The summed E-state index contributed by atoms with van der Waals surface area (Å²) in [5.74, 6) is 0. The smallest absolute Gasteiger partial charge is 0.412 e. The molecule has 0 aliphatic rings. The molecule has 1 amide bonds. The molecule has 0 aliphatic carbocycles. The number of carbonyl (C=O) groups excluding carboxylic acids is 1. The number of ether oxygens (including phenoxy) is 1. The maximum absolute atomic E-state index is 11.9. The lowest BCUT2D eigenvalue weighted by molar-refractivity contribution is 0.0636. The van der Waals surface area contributed by atoms with Gasteiger partial charge in [0.1, 0.15) is 5.60 Å². The Bertz CT molecular complexity index is 681. The highest BCUT2D eigenvalue weighted by atomic mass is 79.9. The first-order valence-corrected chi connectivity index (χ1v) is 8.21. The van der Waals surface area contributed by atoms with Crippen molar-refractivity contribution >= 4 is 33.4 Å². The van der Waals surface area contributed by atoms with Crippen LogP contribution in [0.2, 0.25) is 0 Å². The molecule has 0 bridgehead atoms. The van der Waals surface area contributed by atoms with Gasteiger partial charge in [-0.15, -0.1) is 0 Å². The summed E-state index contributed by atoms with van der Waals surface area (Å²) >= 11 is 3.53. The zero-order valence-corrected chi connectivity index (χ0v) is 15.1. The summed E-state index contributed by atoms with van der Waals surface area (Å²) < 4.78 is 6.34. The SMILES string of the molecule is CC(C)(C)OC(=O)Nc1ccccc1NCc1ccccc1Br. The molecule has 0 radical (unpaired) electrons. The molecule has 0 saturated carbocycles. The minimum atomic E-state index is -0.526. The molecular formula is C18H21BrN2O2. The van der Waals surface area contributed by atoms with Crippen molar-refractivity contribution in [3.63, 3.8) is 0 Å². The highest BCUT2D eigenvalue weighted by Gasteiger charge is 2.17. The Morgan fingerprint density at radius 1 is 1.04 bits per heavy atom. The van der Waals surface area contributed by atoms with Crippen molar-refractivity contribution in [3.8, 4) is 0 Å². The van der Waals surface area contributed by atoms with Crippen LogP contribution in [0.25, 0.3) is 0 Å². The van der Waals surface area contributed by atoms with Gasteiger partial charge in [0.15, 0.2) is 0 Å². The van der Waals surface area contributed by atoms with Gasteiger partial charge in [0.05, 0.1) is 11.4 Å². The van der Waals surface area contributed by atoms with E-state index >= 15 is 0 Å². The molecule has 5 heteroatoms. The van der Waals surface area contributed by atoms with E-state index in [-0.39, 0.29) is 0 Å². The van der Waals surface area contributed by atoms with Crippen LogP contribution in [-0.2, 0) is 11.3 Å². The standard InChI is InChI=1S/C18H21BrN2O2/c1-18(2,3)23-17(22)21-16-11-7-6-10-15(16)20-12-13-8-4-5-9-14(13)19/h4-11,20H,12H2,1-3H3,(H,21,22). The Morgan fingerprint density at radius 3 is 2.30 bits per heavy atom. The molecule has 122 valence electrons. The first kappa shape index (κ1) is 17.3. The van der Waals surface area contributed by atoms with Gasteiger partial charge in [-0.3, -0.25) is 5.32 Å². The van der Waals surface area contributed by atoms with Crippen LogP contribution in [-0.4, -0.2) is 11.7 Å². The number of amides is 1. The minimum Gasteiger partial charge on any atom is -0.444 e. The van der Waals surface area contributed by atoms with Crippen molar-refractivity contribution in [2.24, 2.45) is 0 Å². The highest BCUT2D eigenvalue weighted by Crippen LogP contribution is 2.24. The third-order valence-electron chi connectivity index (χ3n) is 2.99. The van der Waals surface area contributed by atoms with E-state index in [1.807, 2.05) is 69.3 Å². The summed E-state index contributed by atoms with van der Waals surface area (Å²) in [5, 5.41) is 6.12. The van der Waals surface area contributed by atoms with E-state index in [0.29, 0.717) is 12.2 Å². The van der Waals surface area contributed by atoms with Gasteiger partial charge < -0.3 is 10.1 Å². The molecule has 4 nitrogen and oxygen atoms in total. The lowest BCUT2D eigenvalue weighted by Gasteiger charge is -2.20. The zero-order chi connectivity index (χ0) is 16.9. The number of nitrogens with one attached hydrogen (secondary N) is 2. The third kappa shape index (κ3) is 5.60. The maximum Gasteiger partial charge on any atom is 0.412 e. The predicted molar refractivity (Wildman–Crippen MR) is 97.8 cm³/mol. The van der Waals surface area contributed by atoms with E-state index < -0.39 is 11.7 Å². The summed E-state index contributed by atoms with van der Waals surface area (Å²) in [7, 11) is 0. The lowest BCUT2D eigenvalue weighted by Crippen LogP contribution is -2.27. The zero-order valence-electron chi connectivity index (χ0n) is 13.5. The number of carbonyl (C=O) groups is 1. The van der Waals surface area contributed by atoms with Gasteiger partial charge in [-0.05, 0) is 44.5 Å². The monoisotopic (exact) mass is 376 g/mol. The second-order valence-corrected chi connectivity index (χ2v) is 6.97. The molecule has 0 saturated heterocycles. The van der Waals surface area contributed by atoms with E-state index in [9.17, 15) is 4.79 Å². The Morgan fingerprint density at radius 2 is 1.65 bits per heavy atom. The molecule has 2 aromatic carbocycles. The number of rotatable bonds is 4. The Kier molecular flexibility index (Phi) is 5.66. The van der Waals surface area contributed by atoms with Crippen molar-refractivity contribution < 1.29 is 9.53 Å². The first-order valence-electron chi connectivity index (χ1n) is 7.41. The number of hydrogen-bond donors (Lipinski definition) is 2. The average molecular weight is 377 g/mol. The summed E-state index contributed by atoms with van der Waals surface area (Å²) in [4.78, 5) is 11.9. The molecule has 0 spiro atoms. The van der Waals surface area contributed by atoms with E-state index in [0.717, 1.165) is 15.7 Å². The number of hydrogen-bond acceptors (Lipinski definition) is 3. The quantitative estimate of drug-likeness (QED) is 0.749. The van der Waals surface area contributed by atoms with Crippen LogP contribution in [0.4, 0.5) is 16.2 Å². The van der Waals surface area contributed by atoms with Crippen molar-refractivity contribution in [3.05, 3.63) is 58.6 Å². The van der Waals surface area contributed by atoms with Gasteiger partial charge in [0.2, 0.25) is 0 Å². The topological polar surface area (TPSA) is 50.4 Å². The molecule has 0 aliphatic heterocycles. The van der Waals surface area contributed by atoms with Crippen molar-refractivity contribution in [1.82, 2.24) is 0 Å². The van der Waals surface area contributed by atoms with E-state index in [1.165, 1.54) is 0 Å². The second kappa shape index (κ2) is 7.51. The normalized spacial score (nSPS) is 11.0.